The van der Waals surface area contributed by atoms with E-state index in [4.69, 9.17) is 16.0 Å². The lowest BCUT2D eigenvalue weighted by Gasteiger charge is -2.32. The van der Waals surface area contributed by atoms with Gasteiger partial charge in [-0.3, -0.25) is 0 Å². The summed E-state index contributed by atoms with van der Waals surface area (Å²) in [4.78, 5) is 7.97. The van der Waals surface area contributed by atoms with Crippen LogP contribution in [0.1, 0.15) is 45.2 Å². The molecule has 1 aromatic rings. The zero-order valence-corrected chi connectivity index (χ0v) is 15.4. The Labute approximate surface area is 134 Å². The van der Waals surface area contributed by atoms with E-state index < -0.39 is 13.9 Å². The fourth-order valence-electron chi connectivity index (χ4n) is 2.13. The third-order valence-corrected chi connectivity index (χ3v) is 4.12. The molecular formula is C16H25ClN2OSi. The van der Waals surface area contributed by atoms with Gasteiger partial charge in [0, 0.05) is 6.20 Å². The van der Waals surface area contributed by atoms with E-state index >= 15 is 0 Å². The molecule has 0 aliphatic heterocycles. The van der Waals surface area contributed by atoms with Crippen molar-refractivity contribution in [3.8, 4) is 11.8 Å². The van der Waals surface area contributed by atoms with Gasteiger partial charge in [0.05, 0.1) is 0 Å². The quantitative estimate of drug-likeness (QED) is 0.330. The Morgan fingerprint density at radius 3 is 2.62 bits per heavy atom. The van der Waals surface area contributed by atoms with Crippen molar-refractivity contribution in [2.24, 2.45) is 0 Å². The van der Waals surface area contributed by atoms with Crippen molar-refractivity contribution in [2.75, 3.05) is 0 Å². The molecule has 0 spiro atoms. The Morgan fingerprint density at radius 1 is 1.33 bits per heavy atom. The summed E-state index contributed by atoms with van der Waals surface area (Å²) < 4.78 is 6.31. The molecule has 0 aromatic carbocycles. The first kappa shape index (κ1) is 18.2. The Morgan fingerprint density at radius 2 is 2.05 bits per heavy atom. The van der Waals surface area contributed by atoms with Crippen molar-refractivity contribution in [2.45, 2.75) is 64.8 Å². The standard InChI is InChI=1S/C16H25ClN2OSi/c1-6-7-8-11-16(2,20-21(3,4)5)12-9-14-10-13-18-15(17)19-14/h10,13H,6-8,11H2,1-5H3. The monoisotopic (exact) mass is 324 g/mol. The molecule has 0 aliphatic rings. The highest BCUT2D eigenvalue weighted by molar-refractivity contribution is 6.69. The van der Waals surface area contributed by atoms with E-state index in [0.29, 0.717) is 5.69 Å². The molecule has 1 aromatic heterocycles. The van der Waals surface area contributed by atoms with Crippen LogP contribution in [0.15, 0.2) is 12.3 Å². The number of unbranched alkanes of at least 4 members (excludes halogenated alkanes) is 2. The lowest BCUT2D eigenvalue weighted by Crippen LogP contribution is -2.39. The van der Waals surface area contributed by atoms with Gasteiger partial charge >= 0.3 is 0 Å². The SMILES string of the molecule is CCCCCC(C)(C#Cc1ccnc(Cl)n1)O[Si](C)(C)C. The highest BCUT2D eigenvalue weighted by Gasteiger charge is 2.29. The molecule has 3 nitrogen and oxygen atoms in total. The van der Waals surface area contributed by atoms with Crippen molar-refractivity contribution >= 4 is 19.9 Å². The Balaban J connectivity index is 2.91. The van der Waals surface area contributed by atoms with Gasteiger partial charge < -0.3 is 4.43 Å². The second-order valence-corrected chi connectivity index (χ2v) is 11.1. The number of nitrogens with zero attached hydrogens (tertiary/aromatic N) is 2. The molecule has 1 heterocycles. The topological polar surface area (TPSA) is 35.0 Å². The van der Waals surface area contributed by atoms with E-state index in [2.05, 4.69) is 55.3 Å². The van der Waals surface area contributed by atoms with Gasteiger partial charge in [-0.1, -0.05) is 25.7 Å². The smallest absolute Gasteiger partial charge is 0.223 e. The van der Waals surface area contributed by atoms with Crippen LogP contribution >= 0.6 is 11.6 Å². The van der Waals surface area contributed by atoms with Crippen LogP contribution in [0.4, 0.5) is 0 Å². The number of hydrogen-bond donors (Lipinski definition) is 0. The maximum absolute atomic E-state index is 6.31. The van der Waals surface area contributed by atoms with Crippen molar-refractivity contribution < 1.29 is 4.43 Å². The summed E-state index contributed by atoms with van der Waals surface area (Å²) in [5.41, 5.74) is 0.216. The molecule has 1 rings (SSSR count). The molecule has 5 heteroatoms. The summed E-state index contributed by atoms with van der Waals surface area (Å²) in [7, 11) is -1.66. The van der Waals surface area contributed by atoms with Crippen LogP contribution in [0.5, 0.6) is 0 Å². The first-order valence-electron chi connectivity index (χ1n) is 7.46. The predicted octanol–water partition coefficient (Wildman–Crippen LogP) is 4.67. The van der Waals surface area contributed by atoms with E-state index in [1.165, 1.54) is 12.8 Å². The number of halogens is 1. The Kier molecular flexibility index (Phi) is 6.86. The molecule has 0 N–H and O–H groups in total. The molecular weight excluding hydrogens is 300 g/mol. The van der Waals surface area contributed by atoms with Gasteiger partial charge in [-0.25, -0.2) is 9.97 Å². The molecule has 0 saturated carbocycles. The molecule has 0 bridgehead atoms. The van der Waals surface area contributed by atoms with Gasteiger partial charge in [0.2, 0.25) is 5.28 Å². The third kappa shape index (κ3) is 7.61. The molecule has 0 fully saturated rings. The summed E-state index contributed by atoms with van der Waals surface area (Å²) in [6.45, 7) is 10.8. The molecule has 0 amide bonds. The van der Waals surface area contributed by atoms with Crippen LogP contribution in [0.2, 0.25) is 24.9 Å². The first-order chi connectivity index (χ1) is 9.74. The fraction of sp³-hybridized carbons (Fsp3) is 0.625. The third-order valence-electron chi connectivity index (χ3n) is 2.87. The van der Waals surface area contributed by atoms with E-state index in [-0.39, 0.29) is 5.28 Å². The maximum atomic E-state index is 6.31. The molecule has 21 heavy (non-hydrogen) atoms. The summed E-state index contributed by atoms with van der Waals surface area (Å²) in [6.07, 6.45) is 6.07. The normalized spacial score (nSPS) is 14.2. The number of rotatable bonds is 6. The highest BCUT2D eigenvalue weighted by Crippen LogP contribution is 2.24. The zero-order valence-electron chi connectivity index (χ0n) is 13.7. The van der Waals surface area contributed by atoms with Crippen LogP contribution < -0.4 is 0 Å². The minimum atomic E-state index is -1.66. The lowest BCUT2D eigenvalue weighted by atomic mass is 9.99. The molecule has 0 saturated heterocycles. The highest BCUT2D eigenvalue weighted by atomic mass is 35.5. The lowest BCUT2D eigenvalue weighted by molar-refractivity contribution is 0.129. The first-order valence-corrected chi connectivity index (χ1v) is 11.2. The largest absolute Gasteiger partial charge is 0.402 e. The van der Waals surface area contributed by atoms with Gasteiger partial charge in [0.1, 0.15) is 11.3 Å². The average molecular weight is 325 g/mol. The van der Waals surface area contributed by atoms with Gasteiger partial charge in [0.25, 0.3) is 0 Å². The molecule has 0 aliphatic carbocycles. The van der Waals surface area contributed by atoms with E-state index in [9.17, 15) is 0 Å². The summed E-state index contributed by atoms with van der Waals surface area (Å²) in [6, 6.07) is 1.76. The van der Waals surface area contributed by atoms with Gasteiger partial charge in [-0.2, -0.15) is 0 Å². The predicted molar refractivity (Wildman–Crippen MR) is 90.9 cm³/mol. The molecule has 1 unspecified atom stereocenters. The minimum absolute atomic E-state index is 0.223. The maximum Gasteiger partial charge on any atom is 0.223 e. The van der Waals surface area contributed by atoms with Crippen molar-refractivity contribution in [3.63, 3.8) is 0 Å². The Hall–Kier alpha value is -0.893. The molecule has 0 radical (unpaired) electrons. The molecule has 1 atom stereocenters. The summed E-state index contributed by atoms with van der Waals surface area (Å²) >= 11 is 5.79. The van der Waals surface area contributed by atoms with Crippen molar-refractivity contribution in [3.05, 3.63) is 23.2 Å². The van der Waals surface area contributed by atoms with Crippen LogP contribution in [-0.4, -0.2) is 23.9 Å². The number of aromatic nitrogens is 2. The van der Waals surface area contributed by atoms with E-state index in [0.717, 1.165) is 12.8 Å². The summed E-state index contributed by atoms with van der Waals surface area (Å²) in [5, 5.41) is 0.223. The van der Waals surface area contributed by atoms with Crippen LogP contribution in [-0.2, 0) is 4.43 Å². The van der Waals surface area contributed by atoms with Gasteiger partial charge in [-0.05, 0) is 63.0 Å². The summed E-state index contributed by atoms with van der Waals surface area (Å²) in [5.74, 6) is 6.36. The van der Waals surface area contributed by atoms with Gasteiger partial charge in [-0.15, -0.1) is 0 Å². The fourth-order valence-corrected chi connectivity index (χ4v) is 3.78. The zero-order chi connectivity index (χ0) is 15.9. The second kappa shape index (κ2) is 7.93. The van der Waals surface area contributed by atoms with Crippen LogP contribution in [0.25, 0.3) is 0 Å². The number of hydrogen-bond acceptors (Lipinski definition) is 3. The van der Waals surface area contributed by atoms with Crippen molar-refractivity contribution in [1.29, 1.82) is 0 Å². The Bertz CT molecular complexity index is 519. The average Bonchev–Trinajstić information content (AvgIpc) is 2.35. The van der Waals surface area contributed by atoms with Gasteiger partial charge in [0.15, 0.2) is 8.32 Å². The van der Waals surface area contributed by atoms with E-state index in [1.54, 1.807) is 12.3 Å². The van der Waals surface area contributed by atoms with Crippen molar-refractivity contribution in [1.82, 2.24) is 9.97 Å². The van der Waals surface area contributed by atoms with E-state index in [1.807, 2.05) is 0 Å². The van der Waals surface area contributed by atoms with Crippen LogP contribution in [0, 0.1) is 11.8 Å². The minimum Gasteiger partial charge on any atom is -0.402 e. The second-order valence-electron chi connectivity index (χ2n) is 6.36. The molecule has 116 valence electrons. The van der Waals surface area contributed by atoms with Crippen LogP contribution in [0.3, 0.4) is 0 Å².